The molecular formula is C19H22N4O2S. The Morgan fingerprint density at radius 2 is 2.12 bits per heavy atom. The fraction of sp³-hybridized carbons (Fsp3) is 0.421. The van der Waals surface area contributed by atoms with Crippen molar-refractivity contribution in [3.63, 3.8) is 0 Å². The molecule has 4 heterocycles. The molecular weight excluding hydrogens is 348 g/mol. The van der Waals surface area contributed by atoms with Crippen LogP contribution in [0.4, 0.5) is 5.95 Å². The highest BCUT2D eigenvalue weighted by Gasteiger charge is 2.23. The van der Waals surface area contributed by atoms with Gasteiger partial charge in [0.1, 0.15) is 10.4 Å². The van der Waals surface area contributed by atoms with E-state index in [-0.39, 0.29) is 5.56 Å². The van der Waals surface area contributed by atoms with Gasteiger partial charge in [0, 0.05) is 38.1 Å². The number of ether oxygens (including phenoxy) is 1. The van der Waals surface area contributed by atoms with E-state index in [1.807, 2.05) is 37.7 Å². The molecule has 136 valence electrons. The molecule has 0 N–H and O–H groups in total. The van der Waals surface area contributed by atoms with Crippen molar-refractivity contribution >= 4 is 27.5 Å². The summed E-state index contributed by atoms with van der Waals surface area (Å²) in [7, 11) is 1.81. The molecule has 0 unspecified atom stereocenters. The zero-order chi connectivity index (χ0) is 18.1. The molecule has 1 fully saturated rings. The number of thiophene rings is 1. The van der Waals surface area contributed by atoms with Crippen molar-refractivity contribution in [2.45, 2.75) is 19.8 Å². The zero-order valence-electron chi connectivity index (χ0n) is 15.0. The molecule has 1 aliphatic heterocycles. The molecule has 7 heteroatoms. The molecule has 6 nitrogen and oxygen atoms in total. The highest BCUT2D eigenvalue weighted by molar-refractivity contribution is 7.17. The number of hydrogen-bond acceptors (Lipinski definition) is 6. The van der Waals surface area contributed by atoms with Crippen LogP contribution in [0.5, 0.6) is 5.75 Å². The number of pyridine rings is 1. The lowest BCUT2D eigenvalue weighted by molar-refractivity contribution is 0.221. The van der Waals surface area contributed by atoms with E-state index in [1.54, 1.807) is 10.8 Å². The molecule has 26 heavy (non-hydrogen) atoms. The first-order valence-electron chi connectivity index (χ1n) is 8.86. The molecule has 0 saturated carbocycles. The normalized spacial score (nSPS) is 15.5. The van der Waals surface area contributed by atoms with Crippen molar-refractivity contribution < 1.29 is 4.74 Å². The summed E-state index contributed by atoms with van der Waals surface area (Å²) in [5.74, 6) is 2.19. The number of fused-ring (bicyclic) bond motifs is 1. The average Bonchev–Trinajstić information content (AvgIpc) is 3.13. The van der Waals surface area contributed by atoms with E-state index < -0.39 is 0 Å². The summed E-state index contributed by atoms with van der Waals surface area (Å²) >= 11 is 1.45. The maximum Gasteiger partial charge on any atom is 0.272 e. The van der Waals surface area contributed by atoms with Crippen LogP contribution in [0.25, 0.3) is 10.2 Å². The van der Waals surface area contributed by atoms with Gasteiger partial charge in [0.05, 0.1) is 12.1 Å². The van der Waals surface area contributed by atoms with Gasteiger partial charge in [-0.1, -0.05) is 0 Å². The summed E-state index contributed by atoms with van der Waals surface area (Å²) in [5, 5.41) is 1.92. The van der Waals surface area contributed by atoms with Crippen LogP contribution < -0.4 is 15.2 Å². The molecule has 0 amide bonds. The highest BCUT2D eigenvalue weighted by Crippen LogP contribution is 2.25. The van der Waals surface area contributed by atoms with Crippen LogP contribution in [0.2, 0.25) is 0 Å². The number of piperidine rings is 1. The second-order valence-electron chi connectivity index (χ2n) is 6.79. The van der Waals surface area contributed by atoms with Gasteiger partial charge in [0.2, 0.25) is 5.95 Å². The number of hydrogen-bond donors (Lipinski definition) is 0. The number of aryl methyl sites for hydroxylation is 1. The summed E-state index contributed by atoms with van der Waals surface area (Å²) in [6, 6.07) is 3.84. The minimum absolute atomic E-state index is 0.0404. The van der Waals surface area contributed by atoms with E-state index in [9.17, 15) is 4.79 Å². The van der Waals surface area contributed by atoms with Crippen LogP contribution in [0, 0.1) is 12.8 Å². The Morgan fingerprint density at radius 3 is 2.88 bits per heavy atom. The van der Waals surface area contributed by atoms with Crippen molar-refractivity contribution in [2.75, 3.05) is 24.6 Å². The summed E-state index contributed by atoms with van der Waals surface area (Å²) in [5.41, 5.74) is 1.90. The third-order valence-corrected chi connectivity index (χ3v) is 5.90. The summed E-state index contributed by atoms with van der Waals surface area (Å²) in [6.45, 7) is 4.50. The van der Waals surface area contributed by atoms with E-state index in [0.29, 0.717) is 12.5 Å². The fourth-order valence-corrected chi connectivity index (χ4v) is 4.19. The maximum absolute atomic E-state index is 12.5. The Morgan fingerprint density at radius 1 is 1.31 bits per heavy atom. The van der Waals surface area contributed by atoms with Gasteiger partial charge in [0.15, 0.2) is 0 Å². The number of nitrogens with zero attached hydrogens (tertiary/aromatic N) is 4. The Hall–Kier alpha value is -2.41. The van der Waals surface area contributed by atoms with E-state index in [4.69, 9.17) is 9.72 Å². The Balaban J connectivity index is 1.42. The Bertz CT molecular complexity index is 973. The van der Waals surface area contributed by atoms with Crippen molar-refractivity contribution in [3.05, 3.63) is 45.8 Å². The standard InChI is InChI=1S/C19H22N4O2S/c1-13-11-20-7-3-16(13)25-12-14-4-8-23(9-5-14)19-21-15-6-10-26-17(15)18(24)22(19)2/h3,6-7,10-11,14H,4-5,8-9,12H2,1-2H3. The van der Waals surface area contributed by atoms with Crippen LogP contribution in [-0.4, -0.2) is 34.2 Å². The SMILES string of the molecule is Cc1cnccc1OCC1CCN(c2nc3ccsc3c(=O)n2C)CC1. The van der Waals surface area contributed by atoms with Gasteiger partial charge in [-0.05, 0) is 43.2 Å². The molecule has 0 atom stereocenters. The molecule has 3 aromatic rings. The van der Waals surface area contributed by atoms with Crippen molar-refractivity contribution in [1.29, 1.82) is 0 Å². The minimum atomic E-state index is 0.0404. The molecule has 1 saturated heterocycles. The molecule has 4 rings (SSSR count). The van der Waals surface area contributed by atoms with E-state index in [2.05, 4.69) is 9.88 Å². The van der Waals surface area contributed by atoms with E-state index >= 15 is 0 Å². The minimum Gasteiger partial charge on any atom is -0.493 e. The highest BCUT2D eigenvalue weighted by atomic mass is 32.1. The second kappa shape index (κ2) is 7.07. The van der Waals surface area contributed by atoms with Crippen LogP contribution in [0.3, 0.4) is 0 Å². The van der Waals surface area contributed by atoms with E-state index in [1.165, 1.54) is 11.3 Å². The van der Waals surface area contributed by atoms with Crippen LogP contribution in [0.1, 0.15) is 18.4 Å². The lowest BCUT2D eigenvalue weighted by Gasteiger charge is -2.33. The van der Waals surface area contributed by atoms with Gasteiger partial charge in [-0.25, -0.2) is 4.98 Å². The van der Waals surface area contributed by atoms with Crippen molar-refractivity contribution in [3.8, 4) is 5.75 Å². The molecule has 3 aromatic heterocycles. The smallest absolute Gasteiger partial charge is 0.272 e. The third kappa shape index (κ3) is 3.19. The first-order valence-corrected chi connectivity index (χ1v) is 9.74. The van der Waals surface area contributed by atoms with Gasteiger partial charge in [-0.15, -0.1) is 11.3 Å². The van der Waals surface area contributed by atoms with Gasteiger partial charge in [0.25, 0.3) is 5.56 Å². The van der Waals surface area contributed by atoms with Crippen LogP contribution in [0.15, 0.2) is 34.7 Å². The summed E-state index contributed by atoms with van der Waals surface area (Å²) < 4.78 is 8.38. The summed E-state index contributed by atoms with van der Waals surface area (Å²) in [6.07, 6.45) is 5.64. The zero-order valence-corrected chi connectivity index (χ0v) is 15.8. The Labute approximate surface area is 156 Å². The quantitative estimate of drug-likeness (QED) is 0.707. The fourth-order valence-electron chi connectivity index (χ4n) is 3.39. The third-order valence-electron chi connectivity index (χ3n) is 5.00. The first kappa shape index (κ1) is 17.0. The molecule has 0 bridgehead atoms. The first-order chi connectivity index (χ1) is 12.6. The lowest BCUT2D eigenvalue weighted by atomic mass is 9.98. The summed E-state index contributed by atoms with van der Waals surface area (Å²) in [4.78, 5) is 23.5. The second-order valence-corrected chi connectivity index (χ2v) is 7.71. The number of anilines is 1. The van der Waals surface area contributed by atoms with Crippen molar-refractivity contribution in [2.24, 2.45) is 13.0 Å². The molecule has 0 aliphatic carbocycles. The average molecular weight is 370 g/mol. The largest absolute Gasteiger partial charge is 0.493 e. The number of rotatable bonds is 4. The van der Waals surface area contributed by atoms with Crippen LogP contribution in [-0.2, 0) is 7.05 Å². The van der Waals surface area contributed by atoms with Gasteiger partial charge in [-0.2, -0.15) is 0 Å². The maximum atomic E-state index is 12.5. The lowest BCUT2D eigenvalue weighted by Crippen LogP contribution is -2.39. The molecule has 0 radical (unpaired) electrons. The van der Waals surface area contributed by atoms with Gasteiger partial charge >= 0.3 is 0 Å². The van der Waals surface area contributed by atoms with Gasteiger partial charge in [-0.3, -0.25) is 14.3 Å². The molecule has 0 spiro atoms. The monoisotopic (exact) mass is 370 g/mol. The predicted octanol–water partition coefficient (Wildman–Crippen LogP) is 2.99. The van der Waals surface area contributed by atoms with Gasteiger partial charge < -0.3 is 9.64 Å². The number of aromatic nitrogens is 3. The molecule has 1 aliphatic rings. The van der Waals surface area contributed by atoms with Crippen LogP contribution >= 0.6 is 11.3 Å². The molecule has 0 aromatic carbocycles. The Kier molecular flexibility index (Phi) is 4.63. The van der Waals surface area contributed by atoms with E-state index in [0.717, 1.165) is 53.4 Å². The van der Waals surface area contributed by atoms with Crippen molar-refractivity contribution in [1.82, 2.24) is 14.5 Å². The predicted molar refractivity (Wildman–Crippen MR) is 104 cm³/mol. The topological polar surface area (TPSA) is 60.2 Å².